The van der Waals surface area contributed by atoms with Crippen LogP contribution >= 0.6 is 0 Å². The molecule has 3 rings (SSSR count). The Balaban J connectivity index is 2.01. The molecule has 1 N–H and O–H groups in total. The second-order valence-corrected chi connectivity index (χ2v) is 5.41. The van der Waals surface area contributed by atoms with Crippen LogP contribution in [0.4, 0.5) is 4.39 Å². The smallest absolute Gasteiger partial charge is 0.305 e. The first-order chi connectivity index (χ1) is 10.1. The zero-order valence-electron chi connectivity index (χ0n) is 11.5. The maximum Gasteiger partial charge on any atom is 0.305 e. The lowest BCUT2D eigenvalue weighted by molar-refractivity contribution is -0.138. The first kappa shape index (κ1) is 13.7. The standard InChI is InChI=1S/C14H15FN4O2/c1-8-6-10(15)4-5-11(8)14-16-17-18-19(14)12(7-13(20)21)9-2-3-9/h4-6,9,12H,2-3,7H2,1H3,(H,20,21). The van der Waals surface area contributed by atoms with E-state index in [0.29, 0.717) is 11.7 Å². The average molecular weight is 290 g/mol. The third-order valence-corrected chi connectivity index (χ3v) is 3.79. The summed E-state index contributed by atoms with van der Waals surface area (Å²) in [6.07, 6.45) is 1.96. The van der Waals surface area contributed by atoms with Crippen molar-refractivity contribution < 1.29 is 14.3 Å². The fraction of sp³-hybridized carbons (Fsp3) is 0.429. The van der Waals surface area contributed by atoms with Crippen LogP contribution in [-0.2, 0) is 4.79 Å². The summed E-state index contributed by atoms with van der Waals surface area (Å²) in [5, 5.41) is 20.7. The topological polar surface area (TPSA) is 80.9 Å². The predicted octanol–water partition coefficient (Wildman–Crippen LogP) is 2.21. The summed E-state index contributed by atoms with van der Waals surface area (Å²) in [6, 6.07) is 4.14. The molecule has 6 nitrogen and oxygen atoms in total. The molecular weight excluding hydrogens is 275 g/mol. The number of aryl methyl sites for hydroxylation is 1. The van der Waals surface area contributed by atoms with Gasteiger partial charge in [0.2, 0.25) is 0 Å². The molecule has 1 atom stereocenters. The first-order valence-electron chi connectivity index (χ1n) is 6.82. The van der Waals surface area contributed by atoms with Gasteiger partial charge in [-0.05, 0) is 59.9 Å². The van der Waals surface area contributed by atoms with Crippen LogP contribution in [0.2, 0.25) is 0 Å². The van der Waals surface area contributed by atoms with E-state index in [1.165, 1.54) is 12.1 Å². The largest absolute Gasteiger partial charge is 0.481 e. The molecule has 7 heteroatoms. The number of nitrogens with zero attached hydrogens (tertiary/aromatic N) is 4. The van der Waals surface area contributed by atoms with Crippen molar-refractivity contribution in [3.63, 3.8) is 0 Å². The third-order valence-electron chi connectivity index (χ3n) is 3.79. The number of hydrogen-bond donors (Lipinski definition) is 1. The number of tetrazole rings is 1. The van der Waals surface area contributed by atoms with E-state index in [4.69, 9.17) is 5.11 Å². The van der Waals surface area contributed by atoms with Crippen molar-refractivity contribution in [2.45, 2.75) is 32.2 Å². The molecule has 1 fully saturated rings. The van der Waals surface area contributed by atoms with Crippen LogP contribution in [0.5, 0.6) is 0 Å². The molecule has 0 aliphatic heterocycles. The van der Waals surface area contributed by atoms with Gasteiger partial charge in [0, 0.05) is 5.56 Å². The lowest BCUT2D eigenvalue weighted by atomic mass is 10.1. The summed E-state index contributed by atoms with van der Waals surface area (Å²) < 4.78 is 14.8. The first-order valence-corrected chi connectivity index (χ1v) is 6.82. The summed E-state index contributed by atoms with van der Waals surface area (Å²) in [5.74, 6) is -0.404. The van der Waals surface area contributed by atoms with E-state index in [9.17, 15) is 9.18 Å². The third kappa shape index (κ3) is 2.76. The van der Waals surface area contributed by atoms with Gasteiger partial charge in [-0.3, -0.25) is 4.79 Å². The maximum atomic E-state index is 13.2. The summed E-state index contributed by atoms with van der Waals surface area (Å²) in [7, 11) is 0. The van der Waals surface area contributed by atoms with Crippen molar-refractivity contribution >= 4 is 5.97 Å². The Hall–Kier alpha value is -2.31. The number of benzene rings is 1. The Morgan fingerprint density at radius 3 is 2.90 bits per heavy atom. The number of carboxylic acids is 1. The van der Waals surface area contributed by atoms with Gasteiger partial charge >= 0.3 is 5.97 Å². The molecule has 1 aromatic heterocycles. The van der Waals surface area contributed by atoms with E-state index in [1.807, 2.05) is 0 Å². The molecule has 0 bridgehead atoms. The highest BCUT2D eigenvalue weighted by Gasteiger charge is 2.36. The van der Waals surface area contributed by atoms with Gasteiger partial charge in [0.1, 0.15) is 5.82 Å². The van der Waals surface area contributed by atoms with Gasteiger partial charge in [0.25, 0.3) is 0 Å². The maximum absolute atomic E-state index is 13.2. The molecule has 0 spiro atoms. The number of carboxylic acid groups (broad SMARTS) is 1. The predicted molar refractivity (Wildman–Crippen MR) is 72.0 cm³/mol. The van der Waals surface area contributed by atoms with Crippen molar-refractivity contribution in [3.8, 4) is 11.4 Å². The van der Waals surface area contributed by atoms with Gasteiger partial charge < -0.3 is 5.11 Å². The van der Waals surface area contributed by atoms with Crippen LogP contribution in [-0.4, -0.2) is 31.3 Å². The number of aliphatic carboxylic acids is 1. The van der Waals surface area contributed by atoms with Crippen molar-refractivity contribution in [1.29, 1.82) is 0 Å². The molecule has 0 radical (unpaired) electrons. The monoisotopic (exact) mass is 290 g/mol. The van der Waals surface area contributed by atoms with Crippen LogP contribution in [0.1, 0.15) is 30.9 Å². The molecule has 1 aromatic carbocycles. The Morgan fingerprint density at radius 1 is 1.52 bits per heavy atom. The molecule has 1 aliphatic rings. The van der Waals surface area contributed by atoms with Crippen molar-refractivity contribution in [3.05, 3.63) is 29.6 Å². The summed E-state index contributed by atoms with van der Waals surface area (Å²) in [4.78, 5) is 11.1. The fourth-order valence-electron chi connectivity index (χ4n) is 2.59. The van der Waals surface area contributed by atoms with Gasteiger partial charge in [0.05, 0.1) is 12.5 Å². The molecule has 1 aliphatic carbocycles. The Kier molecular flexibility index (Phi) is 3.40. The molecule has 1 saturated carbocycles. The molecule has 21 heavy (non-hydrogen) atoms. The highest BCUT2D eigenvalue weighted by atomic mass is 19.1. The molecule has 2 aromatic rings. The number of hydrogen-bond acceptors (Lipinski definition) is 4. The van der Waals surface area contributed by atoms with Crippen LogP contribution in [0.15, 0.2) is 18.2 Å². The van der Waals surface area contributed by atoms with Crippen LogP contribution in [0.25, 0.3) is 11.4 Å². The van der Waals surface area contributed by atoms with Crippen molar-refractivity contribution in [2.24, 2.45) is 5.92 Å². The normalized spacial score (nSPS) is 15.9. The zero-order valence-corrected chi connectivity index (χ0v) is 11.5. The summed E-state index contributed by atoms with van der Waals surface area (Å²) in [5.41, 5.74) is 1.44. The zero-order chi connectivity index (χ0) is 15.0. The second kappa shape index (κ2) is 5.23. The van der Waals surface area contributed by atoms with Crippen molar-refractivity contribution in [2.75, 3.05) is 0 Å². The Bertz CT molecular complexity index is 681. The number of aromatic nitrogens is 4. The highest BCUT2D eigenvalue weighted by Crippen LogP contribution is 2.42. The van der Waals surface area contributed by atoms with Crippen LogP contribution < -0.4 is 0 Å². The lowest BCUT2D eigenvalue weighted by Crippen LogP contribution is -2.18. The van der Waals surface area contributed by atoms with Gasteiger partial charge in [0.15, 0.2) is 5.82 Å². The van der Waals surface area contributed by atoms with E-state index >= 15 is 0 Å². The molecule has 0 amide bonds. The molecule has 1 unspecified atom stereocenters. The minimum Gasteiger partial charge on any atom is -0.481 e. The molecule has 1 heterocycles. The SMILES string of the molecule is Cc1cc(F)ccc1-c1nnnn1C(CC(=O)O)C1CC1. The number of rotatable bonds is 5. The second-order valence-electron chi connectivity index (χ2n) is 5.41. The number of halogens is 1. The van der Waals surface area contributed by atoms with Crippen molar-refractivity contribution in [1.82, 2.24) is 20.2 Å². The van der Waals surface area contributed by atoms with Gasteiger partial charge in [-0.15, -0.1) is 5.10 Å². The summed E-state index contributed by atoms with van der Waals surface area (Å²) >= 11 is 0. The van der Waals surface area contributed by atoms with Gasteiger partial charge in [-0.2, -0.15) is 0 Å². The lowest BCUT2D eigenvalue weighted by Gasteiger charge is -2.16. The van der Waals surface area contributed by atoms with E-state index in [0.717, 1.165) is 24.0 Å². The van der Waals surface area contributed by atoms with Crippen LogP contribution in [0.3, 0.4) is 0 Å². The minimum absolute atomic E-state index is 0.0110. The minimum atomic E-state index is -0.871. The molecular formula is C14H15FN4O2. The highest BCUT2D eigenvalue weighted by molar-refractivity contribution is 5.68. The van der Waals surface area contributed by atoms with Gasteiger partial charge in [-0.1, -0.05) is 0 Å². The average Bonchev–Trinajstić information content (AvgIpc) is 3.14. The van der Waals surface area contributed by atoms with E-state index in [1.54, 1.807) is 17.7 Å². The van der Waals surface area contributed by atoms with E-state index in [2.05, 4.69) is 15.5 Å². The molecule has 110 valence electrons. The number of carbonyl (C=O) groups is 1. The van der Waals surface area contributed by atoms with Gasteiger partial charge in [-0.25, -0.2) is 9.07 Å². The van der Waals surface area contributed by atoms with E-state index < -0.39 is 5.97 Å². The summed E-state index contributed by atoms with van der Waals surface area (Å²) in [6.45, 7) is 1.78. The quantitative estimate of drug-likeness (QED) is 0.913. The molecule has 0 saturated heterocycles. The van der Waals surface area contributed by atoms with E-state index in [-0.39, 0.29) is 18.3 Å². The fourth-order valence-corrected chi connectivity index (χ4v) is 2.59. The van der Waals surface area contributed by atoms with Crippen LogP contribution in [0, 0.1) is 18.7 Å². The Labute approximate surface area is 120 Å². The Morgan fingerprint density at radius 2 is 2.29 bits per heavy atom.